The number of alkyl halides is 4. The van der Waals surface area contributed by atoms with E-state index >= 15 is 0 Å². The maximum atomic E-state index is 12.5. The first-order chi connectivity index (χ1) is 4.50. The molecule has 0 heterocycles. The zero-order valence-electron chi connectivity index (χ0n) is 6.46. The summed E-state index contributed by atoms with van der Waals surface area (Å²) in [6.45, 7) is 1.69. The Morgan fingerprint density at radius 1 is 0.909 bits per heavy atom. The average Bonchev–Trinajstić information content (AvgIpc) is 1.58. The van der Waals surface area contributed by atoms with Crippen molar-refractivity contribution in [1.29, 1.82) is 0 Å². The minimum atomic E-state index is -4.74. The Labute approximate surface area is 62.0 Å². The fraction of sp³-hybridized carbons (Fsp3) is 1.00. The molecule has 68 valence electrons. The highest BCUT2D eigenvalue weighted by Crippen LogP contribution is 2.46. The van der Waals surface area contributed by atoms with Gasteiger partial charge in [0.05, 0.1) is 0 Å². The molecule has 0 aliphatic rings. The van der Waals surface area contributed by atoms with Crippen LogP contribution >= 0.6 is 0 Å². The zero-order chi connectivity index (χ0) is 9.50. The van der Waals surface area contributed by atoms with E-state index in [4.69, 9.17) is 5.11 Å². The summed E-state index contributed by atoms with van der Waals surface area (Å²) in [7, 11) is 0. The topological polar surface area (TPSA) is 20.2 Å². The fourth-order valence-corrected chi connectivity index (χ4v) is 0.259. The van der Waals surface area contributed by atoms with Gasteiger partial charge in [-0.1, -0.05) is 0 Å². The molecule has 0 fully saturated rings. The maximum Gasteiger partial charge on any atom is 0.399 e. The largest absolute Gasteiger partial charge is 0.399 e. The molecule has 0 aromatic rings. The van der Waals surface area contributed by atoms with Crippen molar-refractivity contribution in [2.24, 2.45) is 5.41 Å². The van der Waals surface area contributed by atoms with Gasteiger partial charge >= 0.3 is 6.18 Å². The average molecular weight is 174 g/mol. The molecule has 0 spiro atoms. The van der Waals surface area contributed by atoms with E-state index in [0.29, 0.717) is 20.8 Å². The molecule has 0 radical (unpaired) electrons. The van der Waals surface area contributed by atoms with Crippen LogP contribution in [-0.2, 0) is 0 Å². The smallest absolute Gasteiger partial charge is 0.361 e. The Balaban J connectivity index is 4.75. The first-order valence-electron chi connectivity index (χ1n) is 2.98. The van der Waals surface area contributed by atoms with Gasteiger partial charge in [0.2, 0.25) is 5.85 Å². The van der Waals surface area contributed by atoms with E-state index in [1.54, 1.807) is 0 Å². The first-order valence-corrected chi connectivity index (χ1v) is 2.98. The van der Waals surface area contributed by atoms with Gasteiger partial charge in [0.15, 0.2) is 0 Å². The van der Waals surface area contributed by atoms with Crippen LogP contribution in [0.3, 0.4) is 0 Å². The lowest BCUT2D eigenvalue weighted by molar-refractivity contribution is -0.301. The summed E-state index contributed by atoms with van der Waals surface area (Å²) < 4.78 is 48.3. The lowest BCUT2D eigenvalue weighted by atomic mass is 9.85. The quantitative estimate of drug-likeness (QED) is 0.604. The van der Waals surface area contributed by atoms with Gasteiger partial charge in [-0.05, 0) is 20.8 Å². The van der Waals surface area contributed by atoms with Crippen molar-refractivity contribution in [2.45, 2.75) is 32.8 Å². The molecule has 0 aromatic heterocycles. The Morgan fingerprint density at radius 2 is 1.18 bits per heavy atom. The molecular formula is C6H10F4O. The van der Waals surface area contributed by atoms with Gasteiger partial charge in [0.25, 0.3) is 0 Å². The van der Waals surface area contributed by atoms with Crippen LogP contribution in [-0.4, -0.2) is 17.1 Å². The molecule has 1 nitrogen and oxygen atoms in total. The second-order valence-corrected chi connectivity index (χ2v) is 3.08. The molecule has 0 amide bonds. The summed E-state index contributed by atoms with van der Waals surface area (Å²) in [6.07, 6.45) is -4.74. The zero-order valence-corrected chi connectivity index (χ0v) is 6.46. The maximum absolute atomic E-state index is 12.5. The van der Waals surface area contributed by atoms with Crippen molar-refractivity contribution in [3.8, 4) is 0 Å². The molecule has 0 aliphatic carbocycles. The van der Waals surface area contributed by atoms with Gasteiger partial charge in [-0.3, -0.25) is 0 Å². The van der Waals surface area contributed by atoms with Crippen LogP contribution in [0.2, 0.25) is 0 Å². The summed E-state index contributed by atoms with van der Waals surface area (Å²) in [6, 6.07) is 0. The first kappa shape index (κ1) is 10.7. The van der Waals surface area contributed by atoms with E-state index in [-0.39, 0.29) is 0 Å². The second-order valence-electron chi connectivity index (χ2n) is 3.08. The molecular weight excluding hydrogens is 164 g/mol. The molecule has 0 aliphatic heterocycles. The number of halogens is 4. The standard InChI is InChI=1S/C6H10F4O/c1-4(2,5(3,7)11)6(8,9)10/h11H,1-3H3. The summed E-state index contributed by atoms with van der Waals surface area (Å²) in [4.78, 5) is 0. The van der Waals surface area contributed by atoms with Gasteiger partial charge in [-0.15, -0.1) is 0 Å². The van der Waals surface area contributed by atoms with Gasteiger partial charge in [0.1, 0.15) is 5.41 Å². The van der Waals surface area contributed by atoms with Crippen molar-refractivity contribution in [2.75, 3.05) is 0 Å². The molecule has 0 saturated carbocycles. The van der Waals surface area contributed by atoms with E-state index in [2.05, 4.69) is 0 Å². The van der Waals surface area contributed by atoms with Crippen LogP contribution in [0.5, 0.6) is 0 Å². The molecule has 1 unspecified atom stereocenters. The molecule has 0 aromatic carbocycles. The van der Waals surface area contributed by atoms with Crippen molar-refractivity contribution in [3.63, 3.8) is 0 Å². The minimum absolute atomic E-state index is 0.487. The van der Waals surface area contributed by atoms with Crippen LogP contribution in [0.1, 0.15) is 20.8 Å². The van der Waals surface area contributed by atoms with Crippen molar-refractivity contribution >= 4 is 0 Å². The third-order valence-electron chi connectivity index (χ3n) is 1.85. The van der Waals surface area contributed by atoms with Crippen LogP contribution in [0.4, 0.5) is 17.6 Å². The van der Waals surface area contributed by atoms with Gasteiger partial charge in [-0.2, -0.15) is 13.2 Å². The van der Waals surface area contributed by atoms with Gasteiger partial charge in [-0.25, -0.2) is 4.39 Å². The van der Waals surface area contributed by atoms with E-state index in [9.17, 15) is 17.6 Å². The van der Waals surface area contributed by atoms with E-state index < -0.39 is 17.4 Å². The second kappa shape index (κ2) is 2.33. The van der Waals surface area contributed by atoms with Crippen LogP contribution < -0.4 is 0 Å². The lowest BCUT2D eigenvalue weighted by Crippen LogP contribution is -2.48. The summed E-state index contributed by atoms with van der Waals surface area (Å²) in [5, 5.41) is 8.49. The fourth-order valence-electron chi connectivity index (χ4n) is 0.259. The third kappa shape index (κ3) is 1.83. The SMILES string of the molecule is CC(O)(F)C(C)(C)C(F)(F)F. The third-order valence-corrected chi connectivity index (χ3v) is 1.85. The lowest BCUT2D eigenvalue weighted by Gasteiger charge is -2.34. The van der Waals surface area contributed by atoms with Gasteiger partial charge < -0.3 is 5.11 Å². The van der Waals surface area contributed by atoms with Gasteiger partial charge in [0, 0.05) is 0 Å². The van der Waals surface area contributed by atoms with Crippen molar-refractivity contribution in [1.82, 2.24) is 0 Å². The molecule has 0 rings (SSSR count). The number of hydrogen-bond acceptors (Lipinski definition) is 1. The van der Waals surface area contributed by atoms with E-state index in [1.165, 1.54) is 0 Å². The van der Waals surface area contributed by atoms with E-state index in [0.717, 1.165) is 0 Å². The number of aliphatic hydroxyl groups is 1. The van der Waals surface area contributed by atoms with Crippen LogP contribution in [0.25, 0.3) is 0 Å². The molecule has 0 bridgehead atoms. The highest BCUT2D eigenvalue weighted by atomic mass is 19.4. The highest BCUT2D eigenvalue weighted by molar-refractivity contribution is 4.87. The number of hydrogen-bond donors (Lipinski definition) is 1. The molecule has 0 saturated heterocycles. The molecule has 1 atom stereocenters. The Bertz CT molecular complexity index is 126. The molecule has 11 heavy (non-hydrogen) atoms. The monoisotopic (exact) mass is 174 g/mol. The Morgan fingerprint density at radius 3 is 1.18 bits per heavy atom. The Kier molecular flexibility index (Phi) is 2.27. The van der Waals surface area contributed by atoms with Crippen molar-refractivity contribution < 1.29 is 22.7 Å². The summed E-state index contributed by atoms with van der Waals surface area (Å²) in [5.41, 5.74) is -2.74. The Hall–Kier alpha value is -0.320. The predicted molar refractivity (Wildman–Crippen MR) is 31.6 cm³/mol. The number of rotatable bonds is 1. The van der Waals surface area contributed by atoms with Crippen molar-refractivity contribution in [3.05, 3.63) is 0 Å². The summed E-state index contributed by atoms with van der Waals surface area (Å²) in [5.74, 6) is -3.24. The normalized spacial score (nSPS) is 19.6. The summed E-state index contributed by atoms with van der Waals surface area (Å²) >= 11 is 0. The van der Waals surface area contributed by atoms with Crippen LogP contribution in [0.15, 0.2) is 0 Å². The predicted octanol–water partition coefficient (Wildman–Crippen LogP) is 2.25. The molecule has 5 heteroatoms. The minimum Gasteiger partial charge on any atom is -0.361 e. The van der Waals surface area contributed by atoms with E-state index in [1.807, 2.05) is 0 Å². The molecule has 1 N–H and O–H groups in total. The van der Waals surface area contributed by atoms with Crippen LogP contribution in [0, 0.1) is 5.41 Å². The highest BCUT2D eigenvalue weighted by Gasteiger charge is 2.59.